The van der Waals surface area contributed by atoms with Gasteiger partial charge in [0.2, 0.25) is 0 Å². The number of hydrogen-bond acceptors (Lipinski definition) is 6. The van der Waals surface area contributed by atoms with Crippen LogP contribution in [-0.2, 0) is 35.2 Å². The summed E-state index contributed by atoms with van der Waals surface area (Å²) in [5.74, 6) is -2.64. The predicted octanol–water partition coefficient (Wildman–Crippen LogP) is 3.59. The Balaban J connectivity index is 2.14. The first-order chi connectivity index (χ1) is 13.2. The highest BCUT2D eigenvalue weighted by molar-refractivity contribution is 5.85. The second-order valence-corrected chi connectivity index (χ2v) is 7.91. The minimum absolute atomic E-state index is 0.132. The first-order valence-corrected chi connectivity index (χ1v) is 9.40. The summed E-state index contributed by atoms with van der Waals surface area (Å²) in [4.78, 5) is 37.0. The average molecular weight is 388 g/mol. The third kappa shape index (κ3) is 6.51. The van der Waals surface area contributed by atoms with Crippen molar-refractivity contribution in [2.24, 2.45) is 11.8 Å². The van der Waals surface area contributed by atoms with E-state index in [1.807, 2.05) is 30.3 Å². The van der Waals surface area contributed by atoms with Crippen molar-refractivity contribution in [3.63, 3.8) is 0 Å². The molecule has 1 saturated carbocycles. The summed E-state index contributed by atoms with van der Waals surface area (Å²) in [5, 5.41) is 0. The number of methoxy groups -OCH3 is 1. The van der Waals surface area contributed by atoms with Gasteiger partial charge in [-0.2, -0.15) is 0 Å². The van der Waals surface area contributed by atoms with E-state index in [1.54, 1.807) is 20.8 Å². The number of benzene rings is 1. The molecule has 1 fully saturated rings. The summed E-state index contributed by atoms with van der Waals surface area (Å²) >= 11 is 0. The lowest BCUT2D eigenvalue weighted by molar-refractivity contribution is -0.169. The SMILES string of the molecule is COC(=O)C=C1CC[C@H](C(=O)OC(C)(C)C)[C@@H](C(=O)OCc2ccccc2)C1. The van der Waals surface area contributed by atoms with Crippen LogP contribution in [0.2, 0.25) is 0 Å². The summed E-state index contributed by atoms with van der Waals surface area (Å²) in [7, 11) is 1.30. The molecule has 0 amide bonds. The van der Waals surface area contributed by atoms with Crippen LogP contribution in [-0.4, -0.2) is 30.6 Å². The van der Waals surface area contributed by atoms with Crippen LogP contribution in [0, 0.1) is 11.8 Å². The molecule has 0 N–H and O–H groups in total. The topological polar surface area (TPSA) is 78.9 Å². The third-order valence-electron chi connectivity index (χ3n) is 4.50. The molecular weight excluding hydrogens is 360 g/mol. The van der Waals surface area contributed by atoms with Crippen molar-refractivity contribution in [2.75, 3.05) is 7.11 Å². The molecule has 0 aliphatic heterocycles. The molecule has 0 heterocycles. The number of allylic oxidation sites excluding steroid dienone is 1. The molecule has 0 saturated heterocycles. The molecule has 1 aromatic carbocycles. The maximum Gasteiger partial charge on any atom is 0.330 e. The quantitative estimate of drug-likeness (QED) is 0.436. The molecule has 1 aliphatic carbocycles. The lowest BCUT2D eigenvalue weighted by atomic mass is 9.76. The molecule has 28 heavy (non-hydrogen) atoms. The molecule has 0 aromatic heterocycles. The number of rotatable bonds is 5. The molecule has 0 unspecified atom stereocenters. The Hall–Kier alpha value is -2.63. The highest BCUT2D eigenvalue weighted by atomic mass is 16.6. The van der Waals surface area contributed by atoms with Crippen LogP contribution >= 0.6 is 0 Å². The van der Waals surface area contributed by atoms with Crippen LogP contribution in [0.15, 0.2) is 42.0 Å². The fourth-order valence-corrected chi connectivity index (χ4v) is 3.17. The van der Waals surface area contributed by atoms with Crippen molar-refractivity contribution in [3.05, 3.63) is 47.5 Å². The molecule has 1 aromatic rings. The highest BCUT2D eigenvalue weighted by Gasteiger charge is 2.40. The Morgan fingerprint density at radius 1 is 1.07 bits per heavy atom. The minimum atomic E-state index is -0.691. The van der Waals surface area contributed by atoms with Crippen molar-refractivity contribution in [2.45, 2.75) is 52.2 Å². The molecule has 0 radical (unpaired) electrons. The van der Waals surface area contributed by atoms with Crippen LogP contribution in [0.1, 0.15) is 45.6 Å². The Morgan fingerprint density at radius 3 is 2.36 bits per heavy atom. The van der Waals surface area contributed by atoms with Crippen LogP contribution in [0.4, 0.5) is 0 Å². The van der Waals surface area contributed by atoms with Gasteiger partial charge in [0, 0.05) is 6.08 Å². The minimum Gasteiger partial charge on any atom is -0.466 e. The monoisotopic (exact) mass is 388 g/mol. The van der Waals surface area contributed by atoms with Gasteiger partial charge in [0.05, 0.1) is 18.9 Å². The van der Waals surface area contributed by atoms with E-state index in [4.69, 9.17) is 9.47 Å². The van der Waals surface area contributed by atoms with E-state index in [0.29, 0.717) is 12.8 Å². The van der Waals surface area contributed by atoms with Gasteiger partial charge in [0.25, 0.3) is 0 Å². The second-order valence-electron chi connectivity index (χ2n) is 7.91. The van der Waals surface area contributed by atoms with E-state index >= 15 is 0 Å². The zero-order chi connectivity index (χ0) is 20.7. The molecule has 152 valence electrons. The van der Waals surface area contributed by atoms with Crippen LogP contribution in [0.3, 0.4) is 0 Å². The van der Waals surface area contributed by atoms with Crippen LogP contribution in [0.25, 0.3) is 0 Å². The molecule has 1 aliphatic rings. The van der Waals surface area contributed by atoms with E-state index in [0.717, 1.165) is 11.1 Å². The average Bonchev–Trinajstić information content (AvgIpc) is 2.65. The lowest BCUT2D eigenvalue weighted by Crippen LogP contribution is -2.38. The van der Waals surface area contributed by atoms with Crippen molar-refractivity contribution in [1.29, 1.82) is 0 Å². The van der Waals surface area contributed by atoms with E-state index in [1.165, 1.54) is 13.2 Å². The summed E-state index contributed by atoms with van der Waals surface area (Å²) in [6.07, 6.45) is 2.61. The van der Waals surface area contributed by atoms with Crippen LogP contribution in [0.5, 0.6) is 0 Å². The highest BCUT2D eigenvalue weighted by Crippen LogP contribution is 2.36. The summed E-state index contributed by atoms with van der Waals surface area (Å²) in [5.41, 5.74) is 0.997. The summed E-state index contributed by atoms with van der Waals surface area (Å²) in [6.45, 7) is 5.50. The maximum absolute atomic E-state index is 12.8. The number of ether oxygens (including phenoxy) is 3. The smallest absolute Gasteiger partial charge is 0.330 e. The fourth-order valence-electron chi connectivity index (χ4n) is 3.17. The predicted molar refractivity (Wildman–Crippen MR) is 103 cm³/mol. The Morgan fingerprint density at radius 2 is 1.75 bits per heavy atom. The Bertz CT molecular complexity index is 729. The van der Waals surface area contributed by atoms with Gasteiger partial charge in [-0.3, -0.25) is 9.59 Å². The zero-order valence-corrected chi connectivity index (χ0v) is 16.9. The number of esters is 3. The number of carbonyl (C=O) groups is 3. The number of hydrogen-bond donors (Lipinski definition) is 0. The molecule has 6 nitrogen and oxygen atoms in total. The van der Waals surface area contributed by atoms with Gasteiger partial charge in [-0.25, -0.2) is 4.79 Å². The first kappa shape index (κ1) is 21.7. The van der Waals surface area contributed by atoms with Gasteiger partial charge in [-0.05, 0) is 45.6 Å². The summed E-state index contributed by atoms with van der Waals surface area (Å²) < 4.78 is 15.6. The zero-order valence-electron chi connectivity index (χ0n) is 16.9. The second kappa shape index (κ2) is 9.53. The van der Waals surface area contributed by atoms with Gasteiger partial charge >= 0.3 is 17.9 Å². The largest absolute Gasteiger partial charge is 0.466 e. The van der Waals surface area contributed by atoms with Crippen molar-refractivity contribution in [1.82, 2.24) is 0 Å². The van der Waals surface area contributed by atoms with Gasteiger partial charge in [0.1, 0.15) is 12.2 Å². The first-order valence-electron chi connectivity index (χ1n) is 9.40. The lowest BCUT2D eigenvalue weighted by Gasteiger charge is -2.32. The van der Waals surface area contributed by atoms with E-state index < -0.39 is 35.3 Å². The Kier molecular flexibility index (Phi) is 7.38. The van der Waals surface area contributed by atoms with Crippen LogP contribution < -0.4 is 0 Å². The molecular formula is C22H28O6. The van der Waals surface area contributed by atoms with Crippen molar-refractivity contribution >= 4 is 17.9 Å². The van der Waals surface area contributed by atoms with Gasteiger partial charge in [0.15, 0.2) is 0 Å². The van der Waals surface area contributed by atoms with Gasteiger partial charge in [-0.15, -0.1) is 0 Å². The van der Waals surface area contributed by atoms with Gasteiger partial charge in [-0.1, -0.05) is 35.9 Å². The Labute approximate surface area is 165 Å². The summed E-state index contributed by atoms with van der Waals surface area (Å²) in [6, 6.07) is 9.34. The van der Waals surface area contributed by atoms with Crippen molar-refractivity contribution in [3.8, 4) is 0 Å². The maximum atomic E-state index is 12.8. The number of carbonyl (C=O) groups excluding carboxylic acids is 3. The molecule has 6 heteroatoms. The van der Waals surface area contributed by atoms with Crippen molar-refractivity contribution < 1.29 is 28.6 Å². The normalized spacial score (nSPS) is 21.1. The third-order valence-corrected chi connectivity index (χ3v) is 4.50. The fraction of sp³-hybridized carbons (Fsp3) is 0.500. The van der Waals surface area contributed by atoms with E-state index in [9.17, 15) is 14.4 Å². The van der Waals surface area contributed by atoms with E-state index in [2.05, 4.69) is 4.74 Å². The molecule has 2 atom stereocenters. The molecule has 0 spiro atoms. The molecule has 2 rings (SSSR count). The standard InChI is InChI=1S/C22H28O6/c1-22(2,3)28-21(25)17-11-10-16(13-19(23)26-4)12-18(17)20(24)27-14-15-8-6-5-7-9-15/h5-9,13,17-18H,10-12,14H2,1-4H3/t17-,18-/m0/s1. The molecule has 0 bridgehead atoms. The van der Waals surface area contributed by atoms with E-state index in [-0.39, 0.29) is 13.0 Å². The van der Waals surface area contributed by atoms with Gasteiger partial charge < -0.3 is 14.2 Å².